The Hall–Kier alpha value is -0.610. The molecule has 1 saturated heterocycles. The van der Waals surface area contributed by atoms with E-state index in [1.54, 1.807) is 4.90 Å². The lowest BCUT2D eigenvalue weighted by atomic mass is 10.3. The molecule has 1 amide bonds. The molecule has 1 aliphatic rings. The molecule has 1 atom stereocenters. The Morgan fingerprint density at radius 1 is 1.73 bits per heavy atom. The van der Waals surface area contributed by atoms with Crippen LogP contribution in [0.25, 0.3) is 0 Å². The van der Waals surface area contributed by atoms with Crippen LogP contribution in [-0.2, 0) is 9.53 Å². The van der Waals surface area contributed by atoms with Gasteiger partial charge in [0.15, 0.2) is 0 Å². The fourth-order valence-corrected chi connectivity index (χ4v) is 1.21. The number of hydrogen-bond donors (Lipinski definition) is 1. The lowest BCUT2D eigenvalue weighted by Gasteiger charge is -2.10. The molecule has 0 aromatic heterocycles. The molecule has 0 spiro atoms. The van der Waals surface area contributed by atoms with Crippen LogP contribution >= 0.6 is 0 Å². The third-order valence-electron chi connectivity index (χ3n) is 1.77. The highest BCUT2D eigenvalue weighted by molar-refractivity contribution is 5.47. The number of carbonyl (C=O) groups excluding carboxylic acids is 1. The second kappa shape index (κ2) is 4.31. The number of hydrogen-bond acceptors (Lipinski definition) is 3. The molecule has 1 rings (SSSR count). The summed E-state index contributed by atoms with van der Waals surface area (Å²) in [5, 5.41) is 8.44. The Bertz CT molecular complexity index is 129. The molecule has 0 aliphatic carbocycles. The van der Waals surface area contributed by atoms with Gasteiger partial charge in [0.05, 0.1) is 19.3 Å². The van der Waals surface area contributed by atoms with Crippen LogP contribution in [0.15, 0.2) is 0 Å². The van der Waals surface area contributed by atoms with Gasteiger partial charge in [0.25, 0.3) is 0 Å². The Morgan fingerprint density at radius 3 is 3.09 bits per heavy atom. The van der Waals surface area contributed by atoms with Crippen molar-refractivity contribution in [3.8, 4) is 0 Å². The SMILES string of the molecule is O=CN1CCC(OCCO)C1. The van der Waals surface area contributed by atoms with Crippen LogP contribution in [0.3, 0.4) is 0 Å². The standard InChI is InChI=1S/C7H13NO3/c9-3-4-11-7-1-2-8(5-7)6-10/h6-7,9H,1-5H2. The summed E-state index contributed by atoms with van der Waals surface area (Å²) in [6.07, 6.45) is 1.86. The molecule has 0 aromatic carbocycles. The molecule has 1 N–H and O–H groups in total. The second-order valence-corrected chi connectivity index (χ2v) is 2.61. The lowest BCUT2D eigenvalue weighted by molar-refractivity contribution is -0.117. The van der Waals surface area contributed by atoms with Gasteiger partial charge in [-0.25, -0.2) is 0 Å². The second-order valence-electron chi connectivity index (χ2n) is 2.61. The molecule has 4 heteroatoms. The predicted molar refractivity (Wildman–Crippen MR) is 39.1 cm³/mol. The molecule has 1 heterocycles. The van der Waals surface area contributed by atoms with Crippen molar-refractivity contribution in [1.29, 1.82) is 0 Å². The zero-order valence-electron chi connectivity index (χ0n) is 6.40. The van der Waals surface area contributed by atoms with Gasteiger partial charge in [0.1, 0.15) is 0 Å². The van der Waals surface area contributed by atoms with Gasteiger partial charge in [-0.1, -0.05) is 0 Å². The van der Waals surface area contributed by atoms with Gasteiger partial charge >= 0.3 is 0 Å². The van der Waals surface area contributed by atoms with Gasteiger partial charge in [-0.3, -0.25) is 4.79 Å². The van der Waals surface area contributed by atoms with Crippen LogP contribution < -0.4 is 0 Å². The molecule has 11 heavy (non-hydrogen) atoms. The Morgan fingerprint density at radius 2 is 2.55 bits per heavy atom. The van der Waals surface area contributed by atoms with E-state index in [4.69, 9.17) is 9.84 Å². The highest BCUT2D eigenvalue weighted by Crippen LogP contribution is 2.09. The highest BCUT2D eigenvalue weighted by Gasteiger charge is 2.20. The fraction of sp³-hybridized carbons (Fsp3) is 0.857. The number of aliphatic hydroxyl groups is 1. The predicted octanol–water partition coefficient (Wildman–Crippen LogP) is -0.774. The van der Waals surface area contributed by atoms with Gasteiger partial charge in [-0.05, 0) is 6.42 Å². The van der Waals surface area contributed by atoms with Crippen LogP contribution in [0.4, 0.5) is 0 Å². The number of aliphatic hydroxyl groups excluding tert-OH is 1. The first-order valence-electron chi connectivity index (χ1n) is 3.78. The van der Waals surface area contributed by atoms with Crippen LogP contribution in [0, 0.1) is 0 Å². The highest BCUT2D eigenvalue weighted by atomic mass is 16.5. The summed E-state index contributed by atoms with van der Waals surface area (Å²) < 4.78 is 5.23. The number of nitrogens with zero attached hydrogens (tertiary/aromatic N) is 1. The van der Waals surface area contributed by atoms with Crippen molar-refractivity contribution in [2.75, 3.05) is 26.3 Å². The monoisotopic (exact) mass is 159 g/mol. The van der Waals surface area contributed by atoms with E-state index in [-0.39, 0.29) is 12.7 Å². The molecule has 0 aromatic rings. The smallest absolute Gasteiger partial charge is 0.209 e. The van der Waals surface area contributed by atoms with Crippen LogP contribution in [0.2, 0.25) is 0 Å². The van der Waals surface area contributed by atoms with Gasteiger partial charge in [0, 0.05) is 13.1 Å². The Labute approximate surface area is 65.8 Å². The average Bonchev–Trinajstić information content (AvgIpc) is 2.48. The zero-order valence-corrected chi connectivity index (χ0v) is 6.40. The summed E-state index contributed by atoms with van der Waals surface area (Å²) in [6, 6.07) is 0. The Kier molecular flexibility index (Phi) is 3.32. The van der Waals surface area contributed by atoms with E-state index < -0.39 is 0 Å². The maximum atomic E-state index is 10.2. The summed E-state index contributed by atoms with van der Waals surface area (Å²) in [5.41, 5.74) is 0. The largest absolute Gasteiger partial charge is 0.394 e. The molecular formula is C7H13NO3. The van der Waals surface area contributed by atoms with Gasteiger partial charge in [0.2, 0.25) is 6.41 Å². The molecule has 0 bridgehead atoms. The van der Waals surface area contributed by atoms with Gasteiger partial charge in [-0.15, -0.1) is 0 Å². The first kappa shape index (κ1) is 8.49. The summed E-state index contributed by atoms with van der Waals surface area (Å²) in [4.78, 5) is 11.9. The van der Waals surface area contributed by atoms with Gasteiger partial charge < -0.3 is 14.7 Å². The first-order valence-corrected chi connectivity index (χ1v) is 3.78. The summed E-state index contributed by atoms with van der Waals surface area (Å²) >= 11 is 0. The van der Waals surface area contributed by atoms with Crippen molar-refractivity contribution < 1.29 is 14.6 Å². The molecule has 64 valence electrons. The molecule has 1 fully saturated rings. The fourth-order valence-electron chi connectivity index (χ4n) is 1.21. The Balaban J connectivity index is 2.14. The summed E-state index contributed by atoms with van der Waals surface area (Å²) in [6.45, 7) is 1.87. The number of carbonyl (C=O) groups is 1. The average molecular weight is 159 g/mol. The van der Waals surface area contributed by atoms with E-state index >= 15 is 0 Å². The minimum Gasteiger partial charge on any atom is -0.394 e. The first-order chi connectivity index (χ1) is 5.36. The van der Waals surface area contributed by atoms with E-state index in [2.05, 4.69) is 0 Å². The molecule has 1 unspecified atom stereocenters. The van der Waals surface area contributed by atoms with Crippen LogP contribution in [0.5, 0.6) is 0 Å². The van der Waals surface area contributed by atoms with Gasteiger partial charge in [-0.2, -0.15) is 0 Å². The normalized spacial score (nSPS) is 24.1. The maximum absolute atomic E-state index is 10.2. The lowest BCUT2D eigenvalue weighted by Crippen LogP contribution is -2.22. The third-order valence-corrected chi connectivity index (χ3v) is 1.77. The van der Waals surface area contributed by atoms with Crippen molar-refractivity contribution in [2.45, 2.75) is 12.5 Å². The number of ether oxygens (including phenoxy) is 1. The van der Waals surface area contributed by atoms with Crippen molar-refractivity contribution in [3.05, 3.63) is 0 Å². The molecule has 0 saturated carbocycles. The number of rotatable bonds is 4. The zero-order chi connectivity index (χ0) is 8.10. The molecule has 1 aliphatic heterocycles. The number of amides is 1. The van der Waals surface area contributed by atoms with Crippen molar-refractivity contribution in [1.82, 2.24) is 4.90 Å². The minimum atomic E-state index is 0.0532. The van der Waals surface area contributed by atoms with E-state index in [1.807, 2.05) is 0 Å². The van der Waals surface area contributed by atoms with Crippen LogP contribution in [0.1, 0.15) is 6.42 Å². The molecule has 4 nitrogen and oxygen atoms in total. The van der Waals surface area contributed by atoms with E-state index in [9.17, 15) is 4.79 Å². The van der Waals surface area contributed by atoms with E-state index in [0.29, 0.717) is 13.2 Å². The number of likely N-dealkylation sites (tertiary alicyclic amines) is 1. The van der Waals surface area contributed by atoms with Crippen molar-refractivity contribution in [3.63, 3.8) is 0 Å². The minimum absolute atomic E-state index is 0.0532. The van der Waals surface area contributed by atoms with Crippen molar-refractivity contribution >= 4 is 6.41 Å². The molecule has 0 radical (unpaired) electrons. The van der Waals surface area contributed by atoms with Crippen molar-refractivity contribution in [2.24, 2.45) is 0 Å². The van der Waals surface area contributed by atoms with E-state index in [0.717, 1.165) is 19.4 Å². The van der Waals surface area contributed by atoms with E-state index in [1.165, 1.54) is 0 Å². The topological polar surface area (TPSA) is 49.8 Å². The molecular weight excluding hydrogens is 146 g/mol. The summed E-state index contributed by atoms with van der Waals surface area (Å²) in [5.74, 6) is 0. The summed E-state index contributed by atoms with van der Waals surface area (Å²) in [7, 11) is 0. The van der Waals surface area contributed by atoms with Crippen LogP contribution in [-0.4, -0.2) is 48.8 Å². The quantitative estimate of drug-likeness (QED) is 0.548. The maximum Gasteiger partial charge on any atom is 0.209 e. The third kappa shape index (κ3) is 2.48.